The minimum absolute atomic E-state index is 0.500. The third-order valence-electron chi connectivity index (χ3n) is 2.48. The largest absolute Gasteiger partial charge is 0.310 e. The first-order valence-electron chi connectivity index (χ1n) is 4.91. The van der Waals surface area contributed by atoms with Crippen molar-refractivity contribution < 1.29 is 0 Å². The lowest BCUT2D eigenvalue weighted by Crippen LogP contribution is -2.22. The van der Waals surface area contributed by atoms with Crippen LogP contribution in [0.25, 0.3) is 0 Å². The predicted octanol–water partition coefficient (Wildman–Crippen LogP) is 1.54. The summed E-state index contributed by atoms with van der Waals surface area (Å²) in [4.78, 5) is 0. The van der Waals surface area contributed by atoms with E-state index < -0.39 is 0 Å². The van der Waals surface area contributed by atoms with Gasteiger partial charge in [0.1, 0.15) is 0 Å². The van der Waals surface area contributed by atoms with Crippen molar-refractivity contribution in [2.24, 2.45) is 5.92 Å². The molecular weight excluding hydrogens is 162 g/mol. The van der Waals surface area contributed by atoms with Gasteiger partial charge in [-0.2, -0.15) is 10.2 Å². The Labute approximate surface area is 78.6 Å². The summed E-state index contributed by atoms with van der Waals surface area (Å²) < 4.78 is 0. The molecule has 2 rings (SSSR count). The minimum Gasteiger partial charge on any atom is -0.310 e. The molecule has 1 N–H and O–H groups in total. The second kappa shape index (κ2) is 3.83. The quantitative estimate of drug-likeness (QED) is 0.758. The zero-order valence-corrected chi connectivity index (χ0v) is 7.90. The van der Waals surface area contributed by atoms with Crippen molar-refractivity contribution >= 4 is 0 Å². The van der Waals surface area contributed by atoms with Gasteiger partial charge in [0.25, 0.3) is 0 Å². The van der Waals surface area contributed by atoms with Gasteiger partial charge in [-0.05, 0) is 36.9 Å². The zero-order valence-electron chi connectivity index (χ0n) is 7.90. The van der Waals surface area contributed by atoms with Gasteiger partial charge in [-0.15, -0.1) is 0 Å². The van der Waals surface area contributed by atoms with Crippen molar-refractivity contribution in [1.29, 1.82) is 0 Å². The molecule has 0 aliphatic heterocycles. The number of rotatable bonds is 4. The Morgan fingerprint density at radius 3 is 2.92 bits per heavy atom. The molecule has 1 aliphatic carbocycles. The highest BCUT2D eigenvalue weighted by atomic mass is 15.1. The maximum atomic E-state index is 3.91. The van der Waals surface area contributed by atoms with Gasteiger partial charge < -0.3 is 5.32 Å². The Morgan fingerprint density at radius 1 is 1.54 bits per heavy atom. The van der Waals surface area contributed by atoms with Gasteiger partial charge >= 0.3 is 0 Å². The minimum atomic E-state index is 0.500. The molecule has 1 aliphatic rings. The molecule has 1 heterocycles. The monoisotopic (exact) mass is 177 g/mol. The van der Waals surface area contributed by atoms with Crippen molar-refractivity contribution in [3.8, 4) is 0 Å². The molecule has 0 aromatic carbocycles. The first-order valence-corrected chi connectivity index (χ1v) is 4.91. The number of nitrogens with zero attached hydrogens (tertiary/aromatic N) is 2. The molecule has 1 aromatic rings. The summed E-state index contributed by atoms with van der Waals surface area (Å²) in [5, 5.41) is 11.2. The predicted molar refractivity (Wildman–Crippen MR) is 51.2 cm³/mol. The Hall–Kier alpha value is -0.960. The van der Waals surface area contributed by atoms with Gasteiger partial charge in [0.2, 0.25) is 0 Å². The maximum absolute atomic E-state index is 3.91. The number of hydrogen-bond donors (Lipinski definition) is 1. The lowest BCUT2D eigenvalue weighted by molar-refractivity contribution is 0.493. The topological polar surface area (TPSA) is 37.8 Å². The molecule has 3 nitrogen and oxygen atoms in total. The van der Waals surface area contributed by atoms with Crippen molar-refractivity contribution in [3.05, 3.63) is 24.0 Å². The fourth-order valence-corrected chi connectivity index (χ4v) is 1.69. The van der Waals surface area contributed by atoms with Crippen LogP contribution in [0.1, 0.15) is 31.4 Å². The number of hydrogen-bond acceptors (Lipinski definition) is 3. The number of aromatic nitrogens is 2. The van der Waals surface area contributed by atoms with Gasteiger partial charge in [0, 0.05) is 12.2 Å². The highest BCUT2D eigenvalue weighted by Crippen LogP contribution is 2.40. The highest BCUT2D eigenvalue weighted by molar-refractivity contribution is 5.14. The van der Waals surface area contributed by atoms with Gasteiger partial charge in [0.15, 0.2) is 0 Å². The third kappa shape index (κ3) is 2.04. The summed E-state index contributed by atoms with van der Waals surface area (Å²) in [7, 11) is 0. The van der Waals surface area contributed by atoms with Crippen molar-refractivity contribution in [2.45, 2.75) is 25.8 Å². The van der Waals surface area contributed by atoms with Crippen molar-refractivity contribution in [3.63, 3.8) is 0 Å². The molecule has 1 atom stereocenters. The van der Waals surface area contributed by atoms with Gasteiger partial charge in [0.05, 0.1) is 6.20 Å². The summed E-state index contributed by atoms with van der Waals surface area (Å²) in [5.41, 5.74) is 1.28. The fraction of sp³-hybridized carbons (Fsp3) is 0.600. The Kier molecular flexibility index (Phi) is 2.54. The van der Waals surface area contributed by atoms with Crippen LogP contribution < -0.4 is 5.32 Å². The second-order valence-electron chi connectivity index (χ2n) is 3.55. The third-order valence-corrected chi connectivity index (χ3v) is 2.48. The Morgan fingerprint density at radius 2 is 2.38 bits per heavy atom. The van der Waals surface area contributed by atoms with Crippen LogP contribution in [0.2, 0.25) is 0 Å². The van der Waals surface area contributed by atoms with E-state index in [-0.39, 0.29) is 0 Å². The molecule has 1 aromatic heterocycles. The highest BCUT2D eigenvalue weighted by Gasteiger charge is 2.31. The summed E-state index contributed by atoms with van der Waals surface area (Å²) in [6.07, 6.45) is 6.33. The first-order chi connectivity index (χ1) is 6.42. The summed E-state index contributed by atoms with van der Waals surface area (Å²) in [5.74, 6) is 0.823. The van der Waals surface area contributed by atoms with E-state index in [4.69, 9.17) is 0 Å². The molecule has 3 heteroatoms. The molecule has 0 amide bonds. The van der Waals surface area contributed by atoms with E-state index in [0.29, 0.717) is 6.04 Å². The van der Waals surface area contributed by atoms with Crippen LogP contribution in [0, 0.1) is 5.92 Å². The van der Waals surface area contributed by atoms with E-state index in [2.05, 4.69) is 28.5 Å². The molecule has 0 spiro atoms. The van der Waals surface area contributed by atoms with Gasteiger partial charge in [-0.1, -0.05) is 6.92 Å². The van der Waals surface area contributed by atoms with E-state index >= 15 is 0 Å². The van der Waals surface area contributed by atoms with Crippen LogP contribution in [0.5, 0.6) is 0 Å². The molecule has 70 valence electrons. The average molecular weight is 177 g/mol. The number of nitrogens with one attached hydrogen (secondary N) is 1. The van der Waals surface area contributed by atoms with Crippen LogP contribution in [0.4, 0.5) is 0 Å². The van der Waals surface area contributed by atoms with Gasteiger partial charge in [-0.3, -0.25) is 0 Å². The summed E-state index contributed by atoms with van der Waals surface area (Å²) in [6.45, 7) is 3.16. The van der Waals surface area contributed by atoms with E-state index in [1.807, 2.05) is 6.20 Å². The van der Waals surface area contributed by atoms with E-state index in [1.54, 1.807) is 6.20 Å². The van der Waals surface area contributed by atoms with Crippen molar-refractivity contribution in [1.82, 2.24) is 15.5 Å². The maximum Gasteiger partial charge on any atom is 0.0544 e. The SMILES string of the molecule is CCNC(c1ccnnc1)C1CC1. The smallest absolute Gasteiger partial charge is 0.0544 e. The molecule has 1 saturated carbocycles. The molecule has 0 saturated heterocycles. The first kappa shape index (κ1) is 8.63. The normalized spacial score (nSPS) is 18.5. The molecule has 0 bridgehead atoms. The van der Waals surface area contributed by atoms with Crippen LogP contribution in [-0.4, -0.2) is 16.7 Å². The zero-order chi connectivity index (χ0) is 9.10. The average Bonchev–Trinajstić information content (AvgIpc) is 2.99. The van der Waals surface area contributed by atoms with Crippen LogP contribution in [0.3, 0.4) is 0 Å². The van der Waals surface area contributed by atoms with E-state index in [9.17, 15) is 0 Å². The molecule has 1 unspecified atom stereocenters. The molecular formula is C10H15N3. The lowest BCUT2D eigenvalue weighted by Gasteiger charge is -2.16. The van der Waals surface area contributed by atoms with Crippen LogP contribution in [0.15, 0.2) is 18.5 Å². The van der Waals surface area contributed by atoms with Crippen LogP contribution in [-0.2, 0) is 0 Å². The van der Waals surface area contributed by atoms with E-state index in [0.717, 1.165) is 12.5 Å². The molecule has 13 heavy (non-hydrogen) atoms. The molecule has 1 fully saturated rings. The van der Waals surface area contributed by atoms with Gasteiger partial charge in [-0.25, -0.2) is 0 Å². The Bertz CT molecular complexity index is 256. The lowest BCUT2D eigenvalue weighted by atomic mass is 10.1. The second-order valence-corrected chi connectivity index (χ2v) is 3.55. The standard InChI is InChI=1S/C10H15N3/c1-2-11-10(8-3-4-8)9-5-6-12-13-7-9/h5-8,10-11H,2-4H2,1H3. The van der Waals surface area contributed by atoms with E-state index in [1.165, 1.54) is 18.4 Å². The fourth-order valence-electron chi connectivity index (χ4n) is 1.69. The Balaban J connectivity index is 2.10. The van der Waals surface area contributed by atoms with Crippen LogP contribution >= 0.6 is 0 Å². The summed E-state index contributed by atoms with van der Waals surface area (Å²) >= 11 is 0. The summed E-state index contributed by atoms with van der Waals surface area (Å²) in [6, 6.07) is 2.55. The molecule has 0 radical (unpaired) electrons. The van der Waals surface area contributed by atoms with Crippen molar-refractivity contribution in [2.75, 3.05) is 6.54 Å².